The average Bonchev–Trinajstić information content (AvgIpc) is 2.29. The van der Waals surface area contributed by atoms with Crippen molar-refractivity contribution in [1.29, 1.82) is 0 Å². The minimum Gasteiger partial charge on any atom is -0.494 e. The molecule has 2 nitrogen and oxygen atoms in total. The minimum absolute atomic E-state index is 0.0584. The maximum atomic E-state index is 14.0. The summed E-state index contributed by atoms with van der Waals surface area (Å²) in [4.78, 5) is 0. The van der Waals surface area contributed by atoms with E-state index in [-0.39, 0.29) is 18.7 Å². The lowest BCUT2D eigenvalue weighted by atomic mass is 9.94. The van der Waals surface area contributed by atoms with Crippen LogP contribution in [0.1, 0.15) is 18.9 Å². The monoisotopic (exact) mass is 229 g/mol. The lowest BCUT2D eigenvalue weighted by Gasteiger charge is -2.21. The molecule has 0 amide bonds. The van der Waals surface area contributed by atoms with Gasteiger partial charge in [0, 0.05) is 13.0 Å². The van der Waals surface area contributed by atoms with Gasteiger partial charge in [-0.25, -0.2) is 8.78 Å². The lowest BCUT2D eigenvalue weighted by Crippen LogP contribution is -2.34. The molecule has 2 N–H and O–H groups in total. The highest BCUT2D eigenvalue weighted by molar-refractivity contribution is 5.30. The van der Waals surface area contributed by atoms with Gasteiger partial charge in [0.1, 0.15) is 5.67 Å². The summed E-state index contributed by atoms with van der Waals surface area (Å²) in [5, 5.41) is 0. The van der Waals surface area contributed by atoms with Gasteiger partial charge >= 0.3 is 0 Å². The number of halogens is 2. The smallest absolute Gasteiger partial charge is 0.165 e. The second kappa shape index (κ2) is 5.25. The number of hydrogen-bond acceptors (Lipinski definition) is 2. The summed E-state index contributed by atoms with van der Waals surface area (Å²) in [7, 11) is 1.39. The van der Waals surface area contributed by atoms with Crippen molar-refractivity contribution in [3.8, 4) is 5.75 Å². The van der Waals surface area contributed by atoms with Crippen LogP contribution in [0, 0.1) is 5.82 Å². The Balaban J connectivity index is 2.86. The van der Waals surface area contributed by atoms with Gasteiger partial charge in [-0.3, -0.25) is 0 Å². The Morgan fingerprint density at radius 3 is 2.56 bits per heavy atom. The molecule has 0 aromatic heterocycles. The van der Waals surface area contributed by atoms with E-state index in [4.69, 9.17) is 10.5 Å². The molecule has 0 saturated carbocycles. The Kier molecular flexibility index (Phi) is 4.24. The topological polar surface area (TPSA) is 35.2 Å². The highest BCUT2D eigenvalue weighted by atomic mass is 19.1. The Morgan fingerprint density at radius 1 is 1.44 bits per heavy atom. The van der Waals surface area contributed by atoms with E-state index in [1.54, 1.807) is 13.0 Å². The van der Waals surface area contributed by atoms with E-state index in [1.165, 1.54) is 19.2 Å². The van der Waals surface area contributed by atoms with Gasteiger partial charge < -0.3 is 10.5 Å². The molecule has 1 atom stereocenters. The molecule has 90 valence electrons. The van der Waals surface area contributed by atoms with Crippen LogP contribution in [0.3, 0.4) is 0 Å². The summed E-state index contributed by atoms with van der Waals surface area (Å²) in [6, 6.07) is 4.44. The van der Waals surface area contributed by atoms with Gasteiger partial charge in [-0.2, -0.15) is 0 Å². The van der Waals surface area contributed by atoms with Crippen LogP contribution in [-0.4, -0.2) is 19.3 Å². The van der Waals surface area contributed by atoms with Crippen LogP contribution in [-0.2, 0) is 6.42 Å². The van der Waals surface area contributed by atoms with E-state index in [9.17, 15) is 8.78 Å². The van der Waals surface area contributed by atoms with Crippen molar-refractivity contribution in [2.24, 2.45) is 5.73 Å². The molecular weight excluding hydrogens is 212 g/mol. The van der Waals surface area contributed by atoms with Crippen LogP contribution in [0.15, 0.2) is 18.2 Å². The molecule has 0 fully saturated rings. The predicted octanol–water partition coefficient (Wildman–Crippen LogP) is 2.45. The predicted molar refractivity (Wildman–Crippen MR) is 59.8 cm³/mol. The van der Waals surface area contributed by atoms with Gasteiger partial charge in [0.15, 0.2) is 11.6 Å². The normalized spacial score (nSPS) is 14.6. The third-order valence-electron chi connectivity index (χ3n) is 2.74. The van der Waals surface area contributed by atoms with Crippen LogP contribution in [0.4, 0.5) is 8.78 Å². The van der Waals surface area contributed by atoms with E-state index in [0.29, 0.717) is 12.0 Å². The number of ether oxygens (including phenoxy) is 1. The molecule has 0 radical (unpaired) electrons. The highest BCUT2D eigenvalue weighted by Crippen LogP contribution is 2.24. The zero-order valence-corrected chi connectivity index (χ0v) is 9.59. The van der Waals surface area contributed by atoms with Gasteiger partial charge in [0.25, 0.3) is 0 Å². The summed E-state index contributed by atoms with van der Waals surface area (Å²) in [5.41, 5.74) is 4.50. The lowest BCUT2D eigenvalue weighted by molar-refractivity contribution is 0.167. The molecule has 0 saturated heterocycles. The van der Waals surface area contributed by atoms with Crippen LogP contribution in [0.5, 0.6) is 5.75 Å². The van der Waals surface area contributed by atoms with Gasteiger partial charge in [-0.05, 0) is 24.1 Å². The second-order valence-corrected chi connectivity index (χ2v) is 3.85. The first-order valence-electron chi connectivity index (χ1n) is 5.26. The summed E-state index contributed by atoms with van der Waals surface area (Å²) in [5.74, 6) is -0.312. The first-order valence-corrected chi connectivity index (χ1v) is 5.26. The number of benzene rings is 1. The number of nitrogens with two attached hydrogens (primary N) is 1. The molecule has 0 aliphatic carbocycles. The molecule has 0 bridgehead atoms. The van der Waals surface area contributed by atoms with Crippen LogP contribution >= 0.6 is 0 Å². The Labute approximate surface area is 94.4 Å². The summed E-state index contributed by atoms with van der Waals surface area (Å²) < 4.78 is 32.1. The maximum absolute atomic E-state index is 14.0. The van der Waals surface area contributed by atoms with E-state index < -0.39 is 11.5 Å². The largest absolute Gasteiger partial charge is 0.494 e. The number of rotatable bonds is 5. The third-order valence-corrected chi connectivity index (χ3v) is 2.74. The first kappa shape index (κ1) is 12.9. The average molecular weight is 229 g/mol. The van der Waals surface area contributed by atoms with Crippen molar-refractivity contribution in [2.75, 3.05) is 13.7 Å². The van der Waals surface area contributed by atoms with Crippen LogP contribution < -0.4 is 10.5 Å². The molecule has 1 rings (SSSR count). The fraction of sp³-hybridized carbons (Fsp3) is 0.500. The summed E-state index contributed by atoms with van der Waals surface area (Å²) in [6.07, 6.45) is 0.443. The highest BCUT2D eigenvalue weighted by Gasteiger charge is 2.26. The fourth-order valence-electron chi connectivity index (χ4n) is 1.53. The standard InChI is InChI=1S/C12H17F2NO/c1-3-12(14,8-15)7-9-4-5-11(16-2)10(13)6-9/h4-6H,3,7-8,15H2,1-2H3. The molecular formula is C12H17F2NO. The van der Waals surface area contributed by atoms with Crippen LogP contribution in [0.2, 0.25) is 0 Å². The number of hydrogen-bond donors (Lipinski definition) is 1. The molecule has 1 unspecified atom stereocenters. The minimum atomic E-state index is -1.46. The van der Waals surface area contributed by atoms with Crippen molar-refractivity contribution in [3.63, 3.8) is 0 Å². The fourth-order valence-corrected chi connectivity index (χ4v) is 1.53. The van der Waals surface area contributed by atoms with E-state index in [0.717, 1.165) is 0 Å². The summed E-state index contributed by atoms with van der Waals surface area (Å²) in [6.45, 7) is 1.67. The van der Waals surface area contributed by atoms with Gasteiger partial charge in [0.2, 0.25) is 0 Å². The van der Waals surface area contributed by atoms with Crippen molar-refractivity contribution < 1.29 is 13.5 Å². The Hall–Kier alpha value is -1.16. The molecule has 1 aromatic carbocycles. The van der Waals surface area contributed by atoms with E-state index in [2.05, 4.69) is 0 Å². The summed E-state index contributed by atoms with van der Waals surface area (Å²) >= 11 is 0. The van der Waals surface area contributed by atoms with Crippen LogP contribution in [0.25, 0.3) is 0 Å². The zero-order valence-electron chi connectivity index (χ0n) is 9.59. The SMILES string of the molecule is CCC(F)(CN)Cc1ccc(OC)c(F)c1. The first-order chi connectivity index (χ1) is 7.54. The molecule has 0 spiro atoms. The third kappa shape index (κ3) is 2.92. The molecule has 0 aliphatic heterocycles. The van der Waals surface area contributed by atoms with Gasteiger partial charge in [-0.15, -0.1) is 0 Å². The van der Waals surface area contributed by atoms with E-state index >= 15 is 0 Å². The quantitative estimate of drug-likeness (QED) is 0.841. The van der Waals surface area contributed by atoms with Crippen molar-refractivity contribution in [3.05, 3.63) is 29.6 Å². The van der Waals surface area contributed by atoms with Crippen molar-refractivity contribution in [2.45, 2.75) is 25.4 Å². The van der Waals surface area contributed by atoms with E-state index in [1.807, 2.05) is 0 Å². The maximum Gasteiger partial charge on any atom is 0.165 e. The molecule has 1 aromatic rings. The van der Waals surface area contributed by atoms with Crippen molar-refractivity contribution in [1.82, 2.24) is 0 Å². The van der Waals surface area contributed by atoms with Gasteiger partial charge in [0.05, 0.1) is 7.11 Å². The van der Waals surface area contributed by atoms with Gasteiger partial charge in [-0.1, -0.05) is 13.0 Å². The number of alkyl halides is 1. The Bertz CT molecular complexity index is 351. The number of methoxy groups -OCH3 is 1. The second-order valence-electron chi connectivity index (χ2n) is 3.85. The molecule has 0 heterocycles. The zero-order chi connectivity index (χ0) is 12.2. The Morgan fingerprint density at radius 2 is 2.12 bits per heavy atom. The molecule has 16 heavy (non-hydrogen) atoms. The van der Waals surface area contributed by atoms with Crippen molar-refractivity contribution >= 4 is 0 Å². The molecule has 4 heteroatoms. The molecule has 0 aliphatic rings.